The molecule has 31 heavy (non-hydrogen) atoms. The number of anilines is 1. The lowest BCUT2D eigenvalue weighted by molar-refractivity contribution is -0.135. The molecule has 1 fully saturated rings. The molecule has 1 aromatic heterocycles. The molecule has 0 spiro atoms. The molecule has 1 N–H and O–H groups in total. The topological polar surface area (TPSA) is 74.8 Å². The van der Waals surface area contributed by atoms with E-state index in [1.807, 2.05) is 5.38 Å². The summed E-state index contributed by atoms with van der Waals surface area (Å²) in [5.74, 6) is -0.108. The van der Waals surface area contributed by atoms with Crippen molar-refractivity contribution < 1.29 is 14.3 Å². The molecule has 1 aliphatic rings. The maximum absolute atomic E-state index is 12.9. The van der Waals surface area contributed by atoms with Crippen LogP contribution < -0.4 is 5.32 Å². The minimum atomic E-state index is -0.183. The van der Waals surface area contributed by atoms with E-state index in [-0.39, 0.29) is 18.4 Å². The molecular formula is C23H40N4O3S. The van der Waals surface area contributed by atoms with E-state index in [9.17, 15) is 9.59 Å². The first-order valence-electron chi connectivity index (χ1n) is 12.0. The van der Waals surface area contributed by atoms with Gasteiger partial charge in [-0.25, -0.2) is 4.98 Å². The second-order valence-electron chi connectivity index (χ2n) is 8.23. The van der Waals surface area contributed by atoms with Crippen molar-refractivity contribution >= 4 is 28.3 Å². The van der Waals surface area contributed by atoms with E-state index in [4.69, 9.17) is 4.74 Å². The summed E-state index contributed by atoms with van der Waals surface area (Å²) in [6, 6.07) is 0. The van der Waals surface area contributed by atoms with Gasteiger partial charge in [0.25, 0.3) is 0 Å². The van der Waals surface area contributed by atoms with E-state index in [1.165, 1.54) is 56.3 Å². The number of rotatable bonds is 16. The summed E-state index contributed by atoms with van der Waals surface area (Å²) < 4.78 is 5.40. The summed E-state index contributed by atoms with van der Waals surface area (Å²) >= 11 is 1.38. The Morgan fingerprint density at radius 3 is 2.42 bits per heavy atom. The molecule has 2 rings (SSSR count). The molecule has 1 saturated heterocycles. The van der Waals surface area contributed by atoms with Gasteiger partial charge in [-0.2, -0.15) is 0 Å². The maximum atomic E-state index is 12.9. The van der Waals surface area contributed by atoms with Gasteiger partial charge in [0.15, 0.2) is 5.13 Å². The minimum absolute atomic E-state index is 0.0745. The summed E-state index contributed by atoms with van der Waals surface area (Å²) in [5, 5.41) is 5.18. The first-order chi connectivity index (χ1) is 15.2. The molecule has 2 amide bonds. The van der Waals surface area contributed by atoms with Crippen LogP contribution in [0, 0.1) is 0 Å². The number of nitrogens with one attached hydrogen (secondary N) is 1. The highest BCUT2D eigenvalue weighted by Gasteiger charge is 2.19. The van der Waals surface area contributed by atoms with E-state index in [0.29, 0.717) is 18.1 Å². The standard InChI is InChI=1S/C23H40N4O3S/c1-2-3-4-5-6-7-8-9-10-11-22(29)27(14-13-26-15-17-30-18-16-26)20-21(28)25-23-24-12-19-31-23/h12,19H,2-11,13-18,20H2,1H3,(H,24,25,28). The fourth-order valence-electron chi connectivity index (χ4n) is 3.74. The number of hydrogen-bond acceptors (Lipinski definition) is 6. The zero-order valence-corrected chi connectivity index (χ0v) is 20.0. The second-order valence-corrected chi connectivity index (χ2v) is 9.13. The molecular weight excluding hydrogens is 412 g/mol. The largest absolute Gasteiger partial charge is 0.379 e. The molecule has 0 aromatic carbocycles. The minimum Gasteiger partial charge on any atom is -0.379 e. The number of amides is 2. The van der Waals surface area contributed by atoms with Gasteiger partial charge < -0.3 is 15.0 Å². The highest BCUT2D eigenvalue weighted by molar-refractivity contribution is 7.13. The van der Waals surface area contributed by atoms with Crippen molar-refractivity contribution in [2.24, 2.45) is 0 Å². The molecule has 0 saturated carbocycles. The monoisotopic (exact) mass is 452 g/mol. The van der Waals surface area contributed by atoms with Crippen LogP contribution in [0.1, 0.15) is 71.1 Å². The fraction of sp³-hybridized carbons (Fsp3) is 0.783. The number of thiazole rings is 1. The van der Waals surface area contributed by atoms with Gasteiger partial charge in [0.05, 0.1) is 19.8 Å². The predicted molar refractivity (Wildman–Crippen MR) is 126 cm³/mol. The third kappa shape index (κ3) is 11.6. The Morgan fingerprint density at radius 2 is 1.77 bits per heavy atom. The third-order valence-corrected chi connectivity index (χ3v) is 6.34. The number of ether oxygens (including phenoxy) is 1. The second kappa shape index (κ2) is 16.2. The smallest absolute Gasteiger partial charge is 0.245 e. The number of morpholine rings is 1. The maximum Gasteiger partial charge on any atom is 0.245 e. The Hall–Kier alpha value is -1.51. The van der Waals surface area contributed by atoms with Crippen LogP contribution in [-0.4, -0.2) is 72.5 Å². The molecule has 8 heteroatoms. The van der Waals surface area contributed by atoms with E-state index >= 15 is 0 Å². The molecule has 0 aliphatic carbocycles. The number of hydrogen-bond donors (Lipinski definition) is 1. The highest BCUT2D eigenvalue weighted by atomic mass is 32.1. The summed E-state index contributed by atoms with van der Waals surface area (Å²) in [4.78, 5) is 33.4. The summed E-state index contributed by atoms with van der Waals surface area (Å²) in [6.45, 7) is 6.90. The normalized spacial score (nSPS) is 14.5. The van der Waals surface area contributed by atoms with Gasteiger partial charge in [-0.3, -0.25) is 14.5 Å². The van der Waals surface area contributed by atoms with Gasteiger partial charge in [0.1, 0.15) is 0 Å². The van der Waals surface area contributed by atoms with Gasteiger partial charge in [-0.05, 0) is 6.42 Å². The molecule has 1 aromatic rings. The lowest BCUT2D eigenvalue weighted by Gasteiger charge is -2.30. The molecule has 7 nitrogen and oxygen atoms in total. The quantitative estimate of drug-likeness (QED) is 0.381. The SMILES string of the molecule is CCCCCCCCCCCC(=O)N(CCN1CCOCC1)CC(=O)Nc1nccs1. The Bertz CT molecular complexity index is 606. The van der Waals surface area contributed by atoms with Gasteiger partial charge in [-0.1, -0.05) is 58.3 Å². The summed E-state index contributed by atoms with van der Waals surface area (Å²) in [5.41, 5.74) is 0. The van der Waals surface area contributed by atoms with Gasteiger partial charge >= 0.3 is 0 Å². The van der Waals surface area contributed by atoms with Gasteiger partial charge in [-0.15, -0.1) is 11.3 Å². The Morgan fingerprint density at radius 1 is 1.10 bits per heavy atom. The Kier molecular flexibility index (Phi) is 13.4. The molecule has 0 atom stereocenters. The zero-order chi connectivity index (χ0) is 22.2. The van der Waals surface area contributed by atoms with Crippen LogP contribution in [0.5, 0.6) is 0 Å². The van der Waals surface area contributed by atoms with Crippen LogP contribution in [0.2, 0.25) is 0 Å². The number of aromatic nitrogens is 1. The number of nitrogens with zero attached hydrogens (tertiary/aromatic N) is 3. The summed E-state index contributed by atoms with van der Waals surface area (Å²) in [6.07, 6.45) is 13.2. The van der Waals surface area contributed by atoms with E-state index in [0.717, 1.165) is 45.7 Å². The number of carbonyl (C=O) groups is 2. The fourth-order valence-corrected chi connectivity index (χ4v) is 4.29. The third-order valence-electron chi connectivity index (χ3n) is 5.65. The number of carbonyl (C=O) groups excluding carboxylic acids is 2. The van der Waals surface area contributed by atoms with Crippen molar-refractivity contribution in [2.45, 2.75) is 71.1 Å². The summed E-state index contributed by atoms with van der Waals surface area (Å²) in [7, 11) is 0. The van der Waals surface area contributed by atoms with Gasteiger partial charge in [0.2, 0.25) is 11.8 Å². The Labute approximate surface area is 191 Å². The van der Waals surface area contributed by atoms with Crippen LogP contribution in [0.3, 0.4) is 0 Å². The average Bonchev–Trinajstić information content (AvgIpc) is 3.29. The lowest BCUT2D eigenvalue weighted by atomic mass is 10.1. The van der Waals surface area contributed by atoms with Crippen LogP contribution in [-0.2, 0) is 14.3 Å². The van der Waals surface area contributed by atoms with Crippen molar-refractivity contribution in [3.8, 4) is 0 Å². The number of unbranched alkanes of at least 4 members (excludes halogenated alkanes) is 8. The Balaban J connectivity index is 1.70. The molecule has 176 valence electrons. The van der Waals surface area contributed by atoms with Crippen LogP contribution >= 0.6 is 11.3 Å². The zero-order valence-electron chi connectivity index (χ0n) is 19.2. The molecule has 1 aliphatic heterocycles. The van der Waals surface area contributed by atoms with Gasteiger partial charge in [0, 0.05) is 44.2 Å². The van der Waals surface area contributed by atoms with Crippen LogP contribution in [0.15, 0.2) is 11.6 Å². The van der Waals surface area contributed by atoms with E-state index in [2.05, 4.69) is 22.1 Å². The first-order valence-corrected chi connectivity index (χ1v) is 12.8. The highest BCUT2D eigenvalue weighted by Crippen LogP contribution is 2.13. The first kappa shape index (κ1) is 25.7. The average molecular weight is 453 g/mol. The molecule has 0 radical (unpaired) electrons. The van der Waals surface area contributed by atoms with E-state index < -0.39 is 0 Å². The van der Waals surface area contributed by atoms with Crippen molar-refractivity contribution in [1.82, 2.24) is 14.8 Å². The van der Waals surface area contributed by atoms with Crippen LogP contribution in [0.25, 0.3) is 0 Å². The van der Waals surface area contributed by atoms with Crippen molar-refractivity contribution in [3.63, 3.8) is 0 Å². The van der Waals surface area contributed by atoms with Crippen molar-refractivity contribution in [2.75, 3.05) is 51.3 Å². The van der Waals surface area contributed by atoms with Crippen molar-refractivity contribution in [1.29, 1.82) is 0 Å². The van der Waals surface area contributed by atoms with E-state index in [1.54, 1.807) is 11.1 Å². The molecule has 0 unspecified atom stereocenters. The van der Waals surface area contributed by atoms with Crippen LogP contribution in [0.4, 0.5) is 5.13 Å². The molecule has 2 heterocycles. The predicted octanol–water partition coefficient (Wildman–Crippen LogP) is 4.16. The lowest BCUT2D eigenvalue weighted by Crippen LogP contribution is -2.45. The molecule has 0 bridgehead atoms. The van der Waals surface area contributed by atoms with Crippen molar-refractivity contribution in [3.05, 3.63) is 11.6 Å².